The van der Waals surface area contributed by atoms with E-state index in [4.69, 9.17) is 5.11 Å². The first kappa shape index (κ1) is 7.96. The third kappa shape index (κ3) is 1.47. The molecule has 0 radical (unpaired) electrons. The van der Waals surface area contributed by atoms with Crippen LogP contribution in [0.25, 0.3) is 0 Å². The summed E-state index contributed by atoms with van der Waals surface area (Å²) in [6.45, 7) is 2.95. The van der Waals surface area contributed by atoms with Gasteiger partial charge in [-0.25, -0.2) is 0 Å². The summed E-state index contributed by atoms with van der Waals surface area (Å²) in [4.78, 5) is 10.5. The van der Waals surface area contributed by atoms with E-state index < -0.39 is 5.97 Å². The van der Waals surface area contributed by atoms with Crippen LogP contribution in [0.2, 0.25) is 0 Å². The maximum atomic E-state index is 10.5. The zero-order valence-electron chi connectivity index (χ0n) is 5.95. The van der Waals surface area contributed by atoms with E-state index in [1.807, 2.05) is 4.67 Å². The average Bonchev–Trinajstić information content (AvgIpc) is 2.10. The molecular weight excluding hydrogens is 149 g/mol. The number of carboxylic acids is 1. The molecule has 2 unspecified atom stereocenters. The molecule has 1 fully saturated rings. The number of nitrogens with zero attached hydrogens (tertiary/aromatic N) is 1. The molecule has 3 atom stereocenters. The zero-order chi connectivity index (χ0) is 7.72. The van der Waals surface area contributed by atoms with E-state index >= 15 is 0 Å². The summed E-state index contributed by atoms with van der Waals surface area (Å²) < 4.78 is 1.81. The lowest BCUT2D eigenvalue weighted by molar-refractivity contribution is -0.140. The summed E-state index contributed by atoms with van der Waals surface area (Å²) in [5.74, 6) is -0.196. The first-order valence-electron chi connectivity index (χ1n) is 3.35. The van der Waals surface area contributed by atoms with Gasteiger partial charge in [-0.3, -0.25) is 9.46 Å². The van der Waals surface area contributed by atoms with Crippen molar-refractivity contribution in [2.45, 2.75) is 19.4 Å². The molecule has 1 rings (SSSR count). The summed E-state index contributed by atoms with van der Waals surface area (Å²) in [6.07, 6.45) is 0.777. The van der Waals surface area contributed by atoms with Crippen LogP contribution in [-0.4, -0.2) is 28.3 Å². The van der Waals surface area contributed by atoms with Crippen molar-refractivity contribution in [2.75, 3.05) is 6.54 Å². The highest BCUT2D eigenvalue weighted by molar-refractivity contribution is 7.13. The maximum Gasteiger partial charge on any atom is 0.321 e. The van der Waals surface area contributed by atoms with Gasteiger partial charge in [0, 0.05) is 6.54 Å². The minimum atomic E-state index is -0.709. The molecule has 0 aromatic carbocycles. The quantitative estimate of drug-likeness (QED) is 0.571. The van der Waals surface area contributed by atoms with Crippen molar-refractivity contribution in [1.82, 2.24) is 4.67 Å². The summed E-state index contributed by atoms with van der Waals surface area (Å²) >= 11 is 0. The van der Waals surface area contributed by atoms with Crippen LogP contribution >= 0.6 is 9.39 Å². The molecule has 0 saturated carbocycles. The predicted octanol–water partition coefficient (Wildman–Crippen LogP) is 0.571. The topological polar surface area (TPSA) is 40.5 Å². The number of hydrogen-bond donors (Lipinski definition) is 1. The van der Waals surface area contributed by atoms with Gasteiger partial charge in [0.05, 0.1) is 0 Å². The molecule has 1 N–H and O–H groups in total. The molecule has 3 nitrogen and oxygen atoms in total. The molecule has 4 heteroatoms. The largest absolute Gasteiger partial charge is 0.480 e. The molecule has 0 spiro atoms. The third-order valence-corrected chi connectivity index (χ3v) is 2.40. The average molecular weight is 161 g/mol. The number of carbonyl (C=O) groups is 1. The van der Waals surface area contributed by atoms with E-state index in [9.17, 15) is 4.79 Å². The Balaban J connectivity index is 2.54. The van der Waals surface area contributed by atoms with Crippen LogP contribution < -0.4 is 0 Å². The fourth-order valence-electron chi connectivity index (χ4n) is 1.32. The van der Waals surface area contributed by atoms with Gasteiger partial charge in [0.1, 0.15) is 6.04 Å². The summed E-state index contributed by atoms with van der Waals surface area (Å²) in [5, 5.41) is 8.65. The van der Waals surface area contributed by atoms with Gasteiger partial charge in [-0.15, -0.1) is 0 Å². The lowest BCUT2D eigenvalue weighted by Crippen LogP contribution is -2.28. The van der Waals surface area contributed by atoms with Crippen molar-refractivity contribution in [3.05, 3.63) is 0 Å². The summed E-state index contributed by atoms with van der Waals surface area (Å²) in [7, 11) is 2.46. The fraction of sp³-hybridized carbons (Fsp3) is 0.833. The highest BCUT2D eigenvalue weighted by Crippen LogP contribution is 2.25. The van der Waals surface area contributed by atoms with Crippen LogP contribution in [0.5, 0.6) is 0 Å². The summed E-state index contributed by atoms with van der Waals surface area (Å²) in [6, 6.07) is -0.278. The Kier molecular flexibility index (Phi) is 2.27. The molecule has 1 aliphatic rings. The van der Waals surface area contributed by atoms with Gasteiger partial charge in [0.2, 0.25) is 0 Å². The van der Waals surface area contributed by atoms with Gasteiger partial charge in [-0.2, -0.15) is 0 Å². The molecule has 0 aromatic heterocycles. The number of aliphatic carboxylic acids is 1. The van der Waals surface area contributed by atoms with E-state index in [1.165, 1.54) is 0 Å². The van der Waals surface area contributed by atoms with Gasteiger partial charge in [0.25, 0.3) is 0 Å². The van der Waals surface area contributed by atoms with Gasteiger partial charge in [-0.1, -0.05) is 16.3 Å². The smallest absolute Gasteiger partial charge is 0.321 e. The standard InChI is InChI=1S/C6H12NO2P/c1-4-2-5(6(8)9)7(10)3-4/h4-5H,2-3,10H2,1H3,(H,8,9)/t4?,5-/m0/s1. The van der Waals surface area contributed by atoms with Crippen LogP contribution in [0.3, 0.4) is 0 Å². The van der Waals surface area contributed by atoms with Crippen LogP contribution in [0.1, 0.15) is 13.3 Å². The van der Waals surface area contributed by atoms with E-state index in [0.717, 1.165) is 13.0 Å². The lowest BCUT2D eigenvalue weighted by Gasteiger charge is -2.12. The Labute approximate surface area is 62.7 Å². The molecular formula is C6H12NO2P. The minimum absolute atomic E-state index is 0.278. The number of hydrogen-bond acceptors (Lipinski definition) is 2. The Hall–Kier alpha value is -0.140. The van der Waals surface area contributed by atoms with Gasteiger partial charge < -0.3 is 5.11 Å². The van der Waals surface area contributed by atoms with Crippen molar-refractivity contribution in [3.63, 3.8) is 0 Å². The molecule has 1 heterocycles. The molecule has 1 saturated heterocycles. The first-order chi connectivity index (χ1) is 4.61. The lowest BCUT2D eigenvalue weighted by atomic mass is 10.1. The second-order valence-corrected chi connectivity index (χ2v) is 3.55. The van der Waals surface area contributed by atoms with E-state index in [1.54, 1.807) is 0 Å². The van der Waals surface area contributed by atoms with Crippen LogP contribution in [-0.2, 0) is 4.79 Å². The van der Waals surface area contributed by atoms with Crippen molar-refractivity contribution >= 4 is 15.4 Å². The highest BCUT2D eigenvalue weighted by Gasteiger charge is 2.31. The second-order valence-electron chi connectivity index (χ2n) is 2.89. The number of carboxylic acid groups (broad SMARTS) is 1. The fourth-order valence-corrected chi connectivity index (χ4v) is 1.93. The first-order valence-corrected chi connectivity index (χ1v) is 3.87. The van der Waals surface area contributed by atoms with Gasteiger partial charge in [0.15, 0.2) is 0 Å². The van der Waals surface area contributed by atoms with Gasteiger partial charge >= 0.3 is 5.97 Å². The minimum Gasteiger partial charge on any atom is -0.480 e. The molecule has 0 aromatic rings. The molecule has 58 valence electrons. The predicted molar refractivity (Wildman–Crippen MR) is 41.6 cm³/mol. The Morgan fingerprint density at radius 3 is 2.60 bits per heavy atom. The van der Waals surface area contributed by atoms with Crippen LogP contribution in [0, 0.1) is 5.92 Å². The Morgan fingerprint density at radius 2 is 2.40 bits per heavy atom. The maximum absolute atomic E-state index is 10.5. The van der Waals surface area contributed by atoms with Crippen molar-refractivity contribution in [2.24, 2.45) is 5.92 Å². The SMILES string of the molecule is CC1C[C@@H](C(=O)O)N(P)C1. The van der Waals surface area contributed by atoms with Crippen molar-refractivity contribution < 1.29 is 9.90 Å². The normalized spacial score (nSPS) is 34.6. The molecule has 0 aliphatic carbocycles. The molecule has 0 bridgehead atoms. The van der Waals surface area contributed by atoms with Crippen LogP contribution in [0.15, 0.2) is 0 Å². The van der Waals surface area contributed by atoms with Crippen molar-refractivity contribution in [3.8, 4) is 0 Å². The van der Waals surface area contributed by atoms with E-state index in [2.05, 4.69) is 16.3 Å². The molecule has 1 aliphatic heterocycles. The Bertz CT molecular complexity index is 151. The van der Waals surface area contributed by atoms with Crippen LogP contribution in [0.4, 0.5) is 0 Å². The second kappa shape index (κ2) is 2.85. The molecule has 0 amide bonds. The summed E-state index contributed by atoms with van der Waals surface area (Å²) in [5.41, 5.74) is 0. The third-order valence-electron chi connectivity index (χ3n) is 1.83. The van der Waals surface area contributed by atoms with Crippen molar-refractivity contribution in [1.29, 1.82) is 0 Å². The zero-order valence-corrected chi connectivity index (χ0v) is 7.10. The van der Waals surface area contributed by atoms with E-state index in [-0.39, 0.29) is 6.04 Å². The van der Waals surface area contributed by atoms with Gasteiger partial charge in [-0.05, 0) is 12.3 Å². The molecule has 10 heavy (non-hydrogen) atoms. The number of rotatable bonds is 1. The Morgan fingerprint density at radius 1 is 1.80 bits per heavy atom. The highest BCUT2D eigenvalue weighted by atomic mass is 31.0. The monoisotopic (exact) mass is 161 g/mol. The van der Waals surface area contributed by atoms with E-state index in [0.29, 0.717) is 5.92 Å².